The molecule has 1 spiro atoms. The third-order valence-corrected chi connectivity index (χ3v) is 7.19. The summed E-state index contributed by atoms with van der Waals surface area (Å²) in [6.45, 7) is 7.45. The van der Waals surface area contributed by atoms with Gasteiger partial charge >= 0.3 is 0 Å². The number of rotatable bonds is 2. The molecule has 3 heterocycles. The van der Waals surface area contributed by atoms with E-state index in [4.69, 9.17) is 10.7 Å². The Kier molecular flexibility index (Phi) is 5.59. The molecule has 3 aliphatic rings. The first-order chi connectivity index (χ1) is 13.5. The fraction of sp³-hybridized carbons (Fsp3) is 0.773. The van der Waals surface area contributed by atoms with Crippen molar-refractivity contribution in [1.29, 1.82) is 0 Å². The lowest BCUT2D eigenvalue weighted by Crippen LogP contribution is -2.42. The SMILES string of the molecule is Cc1nc(C(=O)N2CCCCC3(CCCCC3)C2)nc(N2CC[C@@H](N)C2)c1C. The molecule has 0 unspecified atom stereocenters. The summed E-state index contributed by atoms with van der Waals surface area (Å²) >= 11 is 0. The first-order valence-electron chi connectivity index (χ1n) is 11.1. The molecule has 1 saturated carbocycles. The average Bonchev–Trinajstić information content (AvgIpc) is 3.02. The molecule has 6 heteroatoms. The Morgan fingerprint density at radius 3 is 2.43 bits per heavy atom. The molecule has 28 heavy (non-hydrogen) atoms. The predicted molar refractivity (Wildman–Crippen MR) is 112 cm³/mol. The summed E-state index contributed by atoms with van der Waals surface area (Å²) in [5.74, 6) is 1.28. The average molecular weight is 386 g/mol. The Morgan fingerprint density at radius 1 is 1.04 bits per heavy atom. The maximum atomic E-state index is 13.4. The van der Waals surface area contributed by atoms with Gasteiger partial charge in [0.15, 0.2) is 0 Å². The molecular weight excluding hydrogens is 350 g/mol. The zero-order valence-corrected chi connectivity index (χ0v) is 17.5. The zero-order chi connectivity index (χ0) is 19.7. The third kappa shape index (κ3) is 3.88. The highest BCUT2D eigenvalue weighted by Gasteiger charge is 2.37. The summed E-state index contributed by atoms with van der Waals surface area (Å²) in [5.41, 5.74) is 8.39. The zero-order valence-electron chi connectivity index (χ0n) is 17.5. The van der Waals surface area contributed by atoms with Gasteiger partial charge in [-0.05, 0) is 51.4 Å². The van der Waals surface area contributed by atoms with Crippen LogP contribution in [0.5, 0.6) is 0 Å². The number of likely N-dealkylation sites (tertiary alicyclic amines) is 1. The van der Waals surface area contributed by atoms with Crippen molar-refractivity contribution in [3.05, 3.63) is 17.1 Å². The number of nitrogens with two attached hydrogens (primary N) is 1. The van der Waals surface area contributed by atoms with E-state index < -0.39 is 0 Å². The number of aromatic nitrogens is 2. The first-order valence-corrected chi connectivity index (χ1v) is 11.1. The number of aryl methyl sites for hydroxylation is 1. The van der Waals surface area contributed by atoms with Crippen molar-refractivity contribution >= 4 is 11.7 Å². The van der Waals surface area contributed by atoms with Gasteiger partial charge in [0.1, 0.15) is 5.82 Å². The molecule has 2 N–H and O–H groups in total. The lowest BCUT2D eigenvalue weighted by Gasteiger charge is -2.39. The first kappa shape index (κ1) is 19.6. The number of anilines is 1. The maximum absolute atomic E-state index is 13.4. The van der Waals surface area contributed by atoms with Crippen LogP contribution in [0.4, 0.5) is 5.82 Å². The molecule has 1 amide bonds. The van der Waals surface area contributed by atoms with E-state index in [9.17, 15) is 4.79 Å². The second kappa shape index (κ2) is 7.97. The Labute approximate surface area is 168 Å². The molecule has 1 aromatic heterocycles. The van der Waals surface area contributed by atoms with Gasteiger partial charge < -0.3 is 15.5 Å². The highest BCUT2D eigenvalue weighted by atomic mass is 16.2. The maximum Gasteiger partial charge on any atom is 0.291 e. The van der Waals surface area contributed by atoms with E-state index in [0.717, 1.165) is 56.1 Å². The van der Waals surface area contributed by atoms with Crippen molar-refractivity contribution in [3.8, 4) is 0 Å². The number of nitrogens with zero attached hydrogens (tertiary/aromatic N) is 4. The quantitative estimate of drug-likeness (QED) is 0.846. The Bertz CT molecular complexity index is 728. The summed E-state index contributed by atoms with van der Waals surface area (Å²) < 4.78 is 0. The number of carbonyl (C=O) groups excluding carboxylic acids is 1. The summed E-state index contributed by atoms with van der Waals surface area (Å²) in [4.78, 5) is 27.1. The predicted octanol–water partition coefficient (Wildman–Crippen LogP) is 3.21. The van der Waals surface area contributed by atoms with E-state index in [1.165, 1.54) is 44.9 Å². The summed E-state index contributed by atoms with van der Waals surface area (Å²) in [7, 11) is 0. The standard InChI is InChI=1S/C22H35N5O/c1-16-17(2)24-19(25-20(16)26-13-8-18(23)14-26)21(28)27-12-7-6-11-22(15-27)9-4-3-5-10-22/h18H,3-15,23H2,1-2H3/t18-/m1/s1. The third-order valence-electron chi connectivity index (χ3n) is 7.19. The van der Waals surface area contributed by atoms with Gasteiger partial charge in [0.2, 0.25) is 5.82 Å². The van der Waals surface area contributed by atoms with E-state index in [1.54, 1.807) is 0 Å². The number of carbonyl (C=O) groups is 1. The largest absolute Gasteiger partial charge is 0.355 e. The smallest absolute Gasteiger partial charge is 0.291 e. The van der Waals surface area contributed by atoms with Crippen molar-refractivity contribution in [2.45, 2.75) is 77.7 Å². The number of hydrogen-bond acceptors (Lipinski definition) is 5. The second-order valence-electron chi connectivity index (χ2n) is 9.32. The minimum absolute atomic E-state index is 0.0136. The monoisotopic (exact) mass is 385 g/mol. The van der Waals surface area contributed by atoms with Crippen LogP contribution in [0.3, 0.4) is 0 Å². The summed E-state index contributed by atoms with van der Waals surface area (Å²) in [6, 6.07) is 0.186. The molecule has 154 valence electrons. The van der Waals surface area contributed by atoms with E-state index in [2.05, 4.69) is 14.8 Å². The molecule has 3 fully saturated rings. The van der Waals surface area contributed by atoms with Crippen LogP contribution in [-0.2, 0) is 0 Å². The molecule has 6 nitrogen and oxygen atoms in total. The van der Waals surface area contributed by atoms with Gasteiger partial charge in [0, 0.05) is 43.5 Å². The lowest BCUT2D eigenvalue weighted by atomic mass is 9.71. The minimum atomic E-state index is 0.0136. The number of hydrogen-bond donors (Lipinski definition) is 1. The van der Waals surface area contributed by atoms with Crippen LogP contribution < -0.4 is 10.6 Å². The Hall–Kier alpha value is -1.69. The van der Waals surface area contributed by atoms with E-state index in [0.29, 0.717) is 11.2 Å². The van der Waals surface area contributed by atoms with Gasteiger partial charge in [-0.3, -0.25) is 4.79 Å². The van der Waals surface area contributed by atoms with Gasteiger partial charge in [0.25, 0.3) is 5.91 Å². The van der Waals surface area contributed by atoms with E-state index >= 15 is 0 Å². The van der Waals surface area contributed by atoms with Gasteiger partial charge in [-0.25, -0.2) is 9.97 Å². The van der Waals surface area contributed by atoms with Crippen molar-refractivity contribution in [3.63, 3.8) is 0 Å². The van der Waals surface area contributed by atoms with Crippen LogP contribution >= 0.6 is 0 Å². The van der Waals surface area contributed by atoms with Crippen molar-refractivity contribution in [2.75, 3.05) is 31.1 Å². The van der Waals surface area contributed by atoms with Gasteiger partial charge in [-0.15, -0.1) is 0 Å². The molecule has 2 aliphatic heterocycles. The fourth-order valence-corrected chi connectivity index (χ4v) is 5.39. The molecule has 0 aromatic carbocycles. The molecule has 1 atom stereocenters. The van der Waals surface area contributed by atoms with Gasteiger partial charge in [0.05, 0.1) is 0 Å². The highest BCUT2D eigenvalue weighted by Crippen LogP contribution is 2.42. The summed E-state index contributed by atoms with van der Waals surface area (Å²) in [6.07, 6.45) is 11.0. The van der Waals surface area contributed by atoms with E-state index in [1.807, 2.05) is 13.8 Å². The topological polar surface area (TPSA) is 75.4 Å². The lowest BCUT2D eigenvalue weighted by molar-refractivity contribution is 0.0610. The summed E-state index contributed by atoms with van der Waals surface area (Å²) in [5, 5.41) is 0. The molecule has 2 saturated heterocycles. The normalized spacial score (nSPS) is 25.2. The van der Waals surface area contributed by atoms with Crippen LogP contribution in [0.1, 0.15) is 79.7 Å². The van der Waals surface area contributed by atoms with Crippen molar-refractivity contribution in [1.82, 2.24) is 14.9 Å². The van der Waals surface area contributed by atoms with Crippen LogP contribution in [0.25, 0.3) is 0 Å². The van der Waals surface area contributed by atoms with Gasteiger partial charge in [-0.2, -0.15) is 0 Å². The van der Waals surface area contributed by atoms with Crippen LogP contribution in [0.2, 0.25) is 0 Å². The van der Waals surface area contributed by atoms with Crippen molar-refractivity contribution in [2.24, 2.45) is 11.1 Å². The number of amides is 1. The molecule has 1 aromatic rings. The molecule has 1 aliphatic carbocycles. The van der Waals surface area contributed by atoms with Crippen LogP contribution in [-0.4, -0.2) is 53.0 Å². The van der Waals surface area contributed by atoms with Gasteiger partial charge in [-0.1, -0.05) is 25.7 Å². The molecule has 0 bridgehead atoms. The molecule has 4 rings (SSSR count). The highest BCUT2D eigenvalue weighted by molar-refractivity contribution is 5.91. The van der Waals surface area contributed by atoms with Crippen LogP contribution in [0, 0.1) is 19.3 Å². The van der Waals surface area contributed by atoms with Crippen molar-refractivity contribution < 1.29 is 4.79 Å². The van der Waals surface area contributed by atoms with E-state index in [-0.39, 0.29) is 11.9 Å². The second-order valence-corrected chi connectivity index (χ2v) is 9.32. The fourth-order valence-electron chi connectivity index (χ4n) is 5.39. The van der Waals surface area contributed by atoms with Crippen LogP contribution in [0.15, 0.2) is 0 Å². The Balaban J connectivity index is 1.59. The molecular formula is C22H35N5O. The minimum Gasteiger partial charge on any atom is -0.355 e. The Morgan fingerprint density at radius 2 is 1.75 bits per heavy atom. The molecule has 0 radical (unpaired) electrons.